The first-order valence-electron chi connectivity index (χ1n) is 4.28. The first-order chi connectivity index (χ1) is 5.58. The molecule has 0 unspecified atom stereocenters. The highest BCUT2D eigenvalue weighted by Gasteiger charge is 2.64. The van der Waals surface area contributed by atoms with Gasteiger partial charge in [-0.3, -0.25) is 0 Å². The average molecular weight is 168 g/mol. The minimum absolute atomic E-state index is 0.0729. The summed E-state index contributed by atoms with van der Waals surface area (Å²) in [5, 5.41) is 0. The molecule has 4 atom stereocenters. The molecule has 3 fully saturated rings. The van der Waals surface area contributed by atoms with Crippen LogP contribution in [0.4, 0.5) is 0 Å². The molecule has 2 aliphatic heterocycles. The van der Waals surface area contributed by atoms with E-state index >= 15 is 0 Å². The lowest BCUT2D eigenvalue weighted by molar-refractivity contribution is -0.146. The van der Waals surface area contributed by atoms with Gasteiger partial charge in [0.1, 0.15) is 24.4 Å². The van der Waals surface area contributed by atoms with Crippen molar-refractivity contribution < 1.29 is 14.2 Å². The standard InChI is InChI=1S/C9H12O3/c1-4-5-7(10-5)8-6(4)11-9(2,3)12-8/h5-8H,1H2,2-3H3/t5-,6-,7-,8-/m0/s1. The minimum atomic E-state index is -0.463. The first kappa shape index (κ1) is 7.06. The highest BCUT2D eigenvalue weighted by molar-refractivity contribution is 5.31. The van der Waals surface area contributed by atoms with Crippen molar-refractivity contribution >= 4 is 0 Å². The quantitative estimate of drug-likeness (QED) is 0.397. The van der Waals surface area contributed by atoms with Gasteiger partial charge in [0.05, 0.1) is 0 Å². The van der Waals surface area contributed by atoms with Crippen LogP contribution in [0.25, 0.3) is 0 Å². The summed E-state index contributed by atoms with van der Waals surface area (Å²) in [6.07, 6.45) is 0.613. The van der Waals surface area contributed by atoms with Gasteiger partial charge in [-0.2, -0.15) is 0 Å². The summed E-state index contributed by atoms with van der Waals surface area (Å²) in [4.78, 5) is 0. The summed E-state index contributed by atoms with van der Waals surface area (Å²) in [5.74, 6) is -0.463. The van der Waals surface area contributed by atoms with Crippen LogP contribution >= 0.6 is 0 Å². The molecule has 12 heavy (non-hydrogen) atoms. The van der Waals surface area contributed by atoms with Gasteiger partial charge in [0.2, 0.25) is 0 Å². The molecule has 3 aliphatic rings. The highest BCUT2D eigenvalue weighted by Crippen LogP contribution is 2.50. The molecule has 0 aromatic heterocycles. The third-order valence-electron chi connectivity index (χ3n) is 2.71. The summed E-state index contributed by atoms with van der Waals surface area (Å²) in [7, 11) is 0. The number of fused-ring (bicyclic) bond motifs is 3. The number of hydrogen-bond acceptors (Lipinski definition) is 3. The number of hydrogen-bond donors (Lipinski definition) is 0. The fraction of sp³-hybridized carbons (Fsp3) is 0.778. The molecule has 2 heterocycles. The van der Waals surface area contributed by atoms with Crippen molar-refractivity contribution in [2.24, 2.45) is 0 Å². The van der Waals surface area contributed by atoms with Crippen LogP contribution in [-0.4, -0.2) is 30.2 Å². The molecule has 0 spiro atoms. The Morgan fingerprint density at radius 2 is 1.92 bits per heavy atom. The van der Waals surface area contributed by atoms with Crippen molar-refractivity contribution in [1.82, 2.24) is 0 Å². The predicted octanol–water partition coefficient (Wildman–Crippen LogP) is 0.844. The van der Waals surface area contributed by atoms with Gasteiger partial charge in [0, 0.05) is 0 Å². The summed E-state index contributed by atoms with van der Waals surface area (Å²) in [6.45, 7) is 7.81. The zero-order valence-corrected chi connectivity index (χ0v) is 7.24. The zero-order chi connectivity index (χ0) is 8.51. The predicted molar refractivity (Wildman–Crippen MR) is 41.6 cm³/mol. The molecule has 0 amide bonds. The molecular formula is C9H12O3. The Morgan fingerprint density at radius 1 is 1.17 bits per heavy atom. The largest absolute Gasteiger partial charge is 0.362 e. The van der Waals surface area contributed by atoms with Crippen LogP contribution in [0.1, 0.15) is 13.8 Å². The summed E-state index contributed by atoms with van der Waals surface area (Å²) in [6, 6.07) is 0. The van der Waals surface area contributed by atoms with E-state index in [0.717, 1.165) is 5.57 Å². The van der Waals surface area contributed by atoms with E-state index in [0.29, 0.717) is 0 Å². The van der Waals surface area contributed by atoms with Crippen LogP contribution in [0, 0.1) is 0 Å². The lowest BCUT2D eigenvalue weighted by atomic mass is 10.2. The SMILES string of the molecule is C=C1[C@@H]2O[C@@H]2[C@H]2OC(C)(C)O[C@@H]12. The number of ether oxygens (including phenoxy) is 3. The fourth-order valence-electron chi connectivity index (χ4n) is 2.15. The lowest BCUT2D eigenvalue weighted by Crippen LogP contribution is -2.24. The Balaban J connectivity index is 1.91. The first-order valence-corrected chi connectivity index (χ1v) is 4.28. The Bertz CT molecular complexity index is 258. The molecule has 66 valence electrons. The van der Waals surface area contributed by atoms with E-state index in [2.05, 4.69) is 6.58 Å². The maximum absolute atomic E-state index is 5.69. The second-order valence-electron chi connectivity index (χ2n) is 4.12. The smallest absolute Gasteiger partial charge is 0.164 e. The molecule has 0 bridgehead atoms. The van der Waals surface area contributed by atoms with Crippen molar-refractivity contribution in [2.75, 3.05) is 0 Å². The molecule has 1 aliphatic carbocycles. The van der Waals surface area contributed by atoms with E-state index in [1.54, 1.807) is 0 Å². The van der Waals surface area contributed by atoms with Crippen LogP contribution in [0.5, 0.6) is 0 Å². The van der Waals surface area contributed by atoms with Crippen molar-refractivity contribution in [3.05, 3.63) is 12.2 Å². The molecule has 1 saturated carbocycles. The summed E-state index contributed by atoms with van der Waals surface area (Å²) >= 11 is 0. The van der Waals surface area contributed by atoms with Gasteiger partial charge >= 0.3 is 0 Å². The lowest BCUT2D eigenvalue weighted by Gasteiger charge is -2.17. The van der Waals surface area contributed by atoms with Crippen LogP contribution in [-0.2, 0) is 14.2 Å². The van der Waals surface area contributed by atoms with Gasteiger partial charge in [-0.05, 0) is 19.4 Å². The van der Waals surface area contributed by atoms with Crippen molar-refractivity contribution in [1.29, 1.82) is 0 Å². The number of epoxide rings is 1. The second-order valence-corrected chi connectivity index (χ2v) is 4.12. The van der Waals surface area contributed by atoms with Gasteiger partial charge < -0.3 is 14.2 Å². The van der Waals surface area contributed by atoms with Crippen molar-refractivity contribution in [3.63, 3.8) is 0 Å². The molecule has 3 heteroatoms. The maximum Gasteiger partial charge on any atom is 0.164 e. The molecule has 0 aromatic carbocycles. The molecule has 0 aromatic rings. The fourth-order valence-corrected chi connectivity index (χ4v) is 2.15. The summed E-state index contributed by atoms with van der Waals surface area (Å²) in [5.41, 5.74) is 1.05. The van der Waals surface area contributed by atoms with Crippen LogP contribution in [0.3, 0.4) is 0 Å². The molecule has 2 saturated heterocycles. The van der Waals surface area contributed by atoms with Crippen LogP contribution in [0.15, 0.2) is 12.2 Å². The van der Waals surface area contributed by atoms with Crippen molar-refractivity contribution in [3.8, 4) is 0 Å². The zero-order valence-electron chi connectivity index (χ0n) is 7.24. The Morgan fingerprint density at radius 3 is 2.58 bits per heavy atom. The van der Waals surface area contributed by atoms with Crippen LogP contribution < -0.4 is 0 Å². The monoisotopic (exact) mass is 168 g/mol. The highest BCUT2D eigenvalue weighted by atomic mass is 16.8. The van der Waals surface area contributed by atoms with Gasteiger partial charge in [-0.25, -0.2) is 0 Å². The maximum atomic E-state index is 5.69. The average Bonchev–Trinajstić information content (AvgIpc) is 2.62. The number of rotatable bonds is 0. The van der Waals surface area contributed by atoms with E-state index < -0.39 is 5.79 Å². The Labute approximate surface area is 71.3 Å². The molecule has 3 nitrogen and oxygen atoms in total. The minimum Gasteiger partial charge on any atom is -0.362 e. The van der Waals surface area contributed by atoms with Gasteiger partial charge in [0.25, 0.3) is 0 Å². The third kappa shape index (κ3) is 0.715. The van der Waals surface area contributed by atoms with E-state index in [4.69, 9.17) is 14.2 Å². The second kappa shape index (κ2) is 1.76. The van der Waals surface area contributed by atoms with Crippen molar-refractivity contribution in [2.45, 2.75) is 44.1 Å². The molecule has 0 radical (unpaired) electrons. The van der Waals surface area contributed by atoms with E-state index in [1.165, 1.54) is 0 Å². The van der Waals surface area contributed by atoms with Crippen LogP contribution in [0.2, 0.25) is 0 Å². The molecule has 0 N–H and O–H groups in total. The normalized spacial score (nSPS) is 53.7. The van der Waals surface area contributed by atoms with E-state index in [9.17, 15) is 0 Å². The molecular weight excluding hydrogens is 156 g/mol. The Kier molecular flexibility index (Phi) is 1.04. The third-order valence-corrected chi connectivity index (χ3v) is 2.71. The van der Waals surface area contributed by atoms with Gasteiger partial charge in [-0.15, -0.1) is 0 Å². The van der Waals surface area contributed by atoms with Gasteiger partial charge in [0.15, 0.2) is 5.79 Å². The Hall–Kier alpha value is -0.380. The van der Waals surface area contributed by atoms with Gasteiger partial charge in [-0.1, -0.05) is 6.58 Å². The van der Waals surface area contributed by atoms with E-state index in [-0.39, 0.29) is 24.4 Å². The molecule has 3 rings (SSSR count). The van der Waals surface area contributed by atoms with E-state index in [1.807, 2.05) is 13.8 Å². The summed E-state index contributed by atoms with van der Waals surface area (Å²) < 4.78 is 16.7. The topological polar surface area (TPSA) is 31.0 Å².